The zero-order valence-electron chi connectivity index (χ0n) is 17.6. The van der Waals surface area contributed by atoms with Crippen LogP contribution in [0.4, 0.5) is 0 Å². The maximum absolute atomic E-state index is 4.79. The summed E-state index contributed by atoms with van der Waals surface area (Å²) < 4.78 is 2.31. The lowest BCUT2D eigenvalue weighted by Gasteiger charge is -2.10. The number of hydrogen-bond acceptors (Lipinski definition) is 3. The molecule has 2 heterocycles. The Morgan fingerprint density at radius 1 is 0.531 bits per heavy atom. The molecule has 0 amide bonds. The van der Waals surface area contributed by atoms with E-state index in [0.717, 1.165) is 16.8 Å². The smallest absolute Gasteiger partial charge is 0.163 e. The van der Waals surface area contributed by atoms with E-state index in [4.69, 9.17) is 4.98 Å². The highest BCUT2D eigenvalue weighted by Gasteiger charge is 2.13. The molecule has 0 N–H and O–H groups in total. The van der Waals surface area contributed by atoms with Crippen molar-refractivity contribution in [2.75, 3.05) is 0 Å². The number of aryl methyl sites for hydroxylation is 1. The summed E-state index contributed by atoms with van der Waals surface area (Å²) in [5.74, 6) is 2.07. The molecule has 0 radical (unpaired) electrons. The van der Waals surface area contributed by atoms with E-state index in [1.807, 2.05) is 37.3 Å². The summed E-state index contributed by atoms with van der Waals surface area (Å²) in [5.41, 5.74) is 5.40. The topological polar surface area (TPSA) is 43.6 Å². The van der Waals surface area contributed by atoms with Crippen LogP contribution < -0.4 is 0 Å². The van der Waals surface area contributed by atoms with Crippen molar-refractivity contribution in [2.45, 2.75) is 6.92 Å². The average molecular weight is 412 g/mol. The Bertz CT molecular complexity index is 1530. The fourth-order valence-corrected chi connectivity index (χ4v) is 4.31. The number of benzene rings is 4. The minimum Gasteiger partial charge on any atom is -0.309 e. The van der Waals surface area contributed by atoms with Gasteiger partial charge in [-0.2, -0.15) is 0 Å². The van der Waals surface area contributed by atoms with Crippen LogP contribution in [0.25, 0.3) is 50.3 Å². The van der Waals surface area contributed by atoms with Gasteiger partial charge in [-0.25, -0.2) is 15.0 Å². The standard InChI is InChI=1S/C28H20N4/c1-19-29-27(20-10-3-2-4-11-20)31-28(30-19)21-12-9-13-22(18-21)32-25-16-7-5-14-23(25)24-15-6-8-17-26(24)32/h2-18H,1H3. The molecule has 0 aliphatic heterocycles. The van der Waals surface area contributed by atoms with Gasteiger partial charge in [-0.3, -0.25) is 0 Å². The van der Waals surface area contributed by atoms with Crippen LogP contribution in [0.5, 0.6) is 0 Å². The first kappa shape index (κ1) is 18.5. The maximum atomic E-state index is 4.79. The molecular weight excluding hydrogens is 392 g/mol. The Balaban J connectivity index is 1.54. The maximum Gasteiger partial charge on any atom is 0.163 e. The van der Waals surface area contributed by atoms with Gasteiger partial charge in [0.05, 0.1) is 11.0 Å². The van der Waals surface area contributed by atoms with Crippen molar-refractivity contribution < 1.29 is 0 Å². The van der Waals surface area contributed by atoms with Crippen LogP contribution in [0, 0.1) is 6.92 Å². The van der Waals surface area contributed by atoms with Crippen LogP contribution in [0.2, 0.25) is 0 Å². The van der Waals surface area contributed by atoms with E-state index in [1.54, 1.807) is 0 Å². The SMILES string of the molecule is Cc1nc(-c2ccccc2)nc(-c2cccc(-n3c4ccccc4c4ccccc43)c2)n1. The normalized spacial score (nSPS) is 11.3. The molecule has 4 heteroatoms. The van der Waals surface area contributed by atoms with Crippen molar-refractivity contribution in [1.82, 2.24) is 19.5 Å². The van der Waals surface area contributed by atoms with Gasteiger partial charge in [0.25, 0.3) is 0 Å². The number of rotatable bonds is 3. The highest BCUT2D eigenvalue weighted by atomic mass is 15.0. The molecule has 0 fully saturated rings. The molecule has 0 spiro atoms. The zero-order chi connectivity index (χ0) is 21.5. The molecule has 4 aromatic carbocycles. The summed E-state index contributed by atoms with van der Waals surface area (Å²) in [6.45, 7) is 1.91. The molecule has 0 saturated heterocycles. The van der Waals surface area contributed by atoms with E-state index in [1.165, 1.54) is 21.8 Å². The molecule has 0 aliphatic rings. The zero-order valence-corrected chi connectivity index (χ0v) is 17.6. The van der Waals surface area contributed by atoms with Crippen LogP contribution in [0.3, 0.4) is 0 Å². The number of aromatic nitrogens is 4. The average Bonchev–Trinajstić information content (AvgIpc) is 3.19. The molecule has 0 atom stereocenters. The van der Waals surface area contributed by atoms with Crippen molar-refractivity contribution in [2.24, 2.45) is 0 Å². The second-order valence-electron chi connectivity index (χ2n) is 7.82. The van der Waals surface area contributed by atoms with Crippen LogP contribution in [-0.4, -0.2) is 19.5 Å². The molecule has 152 valence electrons. The molecular formula is C28H20N4. The number of para-hydroxylation sites is 2. The fourth-order valence-electron chi connectivity index (χ4n) is 4.31. The molecule has 0 unspecified atom stereocenters. The molecule has 4 nitrogen and oxygen atoms in total. The summed E-state index contributed by atoms with van der Waals surface area (Å²) in [5, 5.41) is 2.49. The monoisotopic (exact) mass is 412 g/mol. The third-order valence-corrected chi connectivity index (χ3v) is 5.72. The van der Waals surface area contributed by atoms with Gasteiger partial charge in [0.2, 0.25) is 0 Å². The first-order valence-electron chi connectivity index (χ1n) is 10.6. The van der Waals surface area contributed by atoms with Gasteiger partial charge in [-0.15, -0.1) is 0 Å². The van der Waals surface area contributed by atoms with Gasteiger partial charge in [0.1, 0.15) is 5.82 Å². The summed E-state index contributed by atoms with van der Waals surface area (Å²) >= 11 is 0. The Labute approximate surface area is 185 Å². The fraction of sp³-hybridized carbons (Fsp3) is 0.0357. The van der Waals surface area contributed by atoms with Gasteiger partial charge < -0.3 is 4.57 Å². The Morgan fingerprint density at radius 3 is 1.78 bits per heavy atom. The minimum absolute atomic E-state index is 0.680. The molecule has 6 aromatic rings. The summed E-state index contributed by atoms with van der Waals surface area (Å²) in [6, 6.07) is 35.5. The van der Waals surface area contributed by atoms with Crippen molar-refractivity contribution in [1.29, 1.82) is 0 Å². The first-order valence-corrected chi connectivity index (χ1v) is 10.6. The largest absolute Gasteiger partial charge is 0.309 e. The van der Waals surface area contributed by atoms with Crippen molar-refractivity contribution >= 4 is 21.8 Å². The van der Waals surface area contributed by atoms with E-state index in [9.17, 15) is 0 Å². The first-order chi connectivity index (χ1) is 15.8. The van der Waals surface area contributed by atoms with E-state index >= 15 is 0 Å². The third kappa shape index (κ3) is 3.05. The second-order valence-corrected chi connectivity index (χ2v) is 7.82. The molecule has 2 aromatic heterocycles. The predicted molar refractivity (Wildman–Crippen MR) is 130 cm³/mol. The van der Waals surface area contributed by atoms with Crippen molar-refractivity contribution in [3.05, 3.63) is 109 Å². The van der Waals surface area contributed by atoms with Crippen LogP contribution in [-0.2, 0) is 0 Å². The third-order valence-electron chi connectivity index (χ3n) is 5.72. The number of fused-ring (bicyclic) bond motifs is 3. The van der Waals surface area contributed by atoms with E-state index in [0.29, 0.717) is 17.5 Å². The van der Waals surface area contributed by atoms with Gasteiger partial charge in [0, 0.05) is 27.6 Å². The van der Waals surface area contributed by atoms with Gasteiger partial charge >= 0.3 is 0 Å². The molecule has 32 heavy (non-hydrogen) atoms. The van der Waals surface area contributed by atoms with Crippen molar-refractivity contribution in [3.8, 4) is 28.5 Å². The lowest BCUT2D eigenvalue weighted by atomic mass is 10.1. The van der Waals surface area contributed by atoms with Gasteiger partial charge in [0.15, 0.2) is 11.6 Å². The Hall–Kier alpha value is -4.31. The minimum atomic E-state index is 0.680. The quantitative estimate of drug-likeness (QED) is 0.328. The van der Waals surface area contributed by atoms with Crippen LogP contribution in [0.1, 0.15) is 5.82 Å². The van der Waals surface area contributed by atoms with Gasteiger partial charge in [-0.1, -0.05) is 78.9 Å². The summed E-state index contributed by atoms with van der Waals surface area (Å²) in [7, 11) is 0. The highest BCUT2D eigenvalue weighted by molar-refractivity contribution is 6.09. The highest BCUT2D eigenvalue weighted by Crippen LogP contribution is 2.32. The van der Waals surface area contributed by atoms with E-state index in [2.05, 4.69) is 87.3 Å². The Morgan fingerprint density at radius 2 is 1.09 bits per heavy atom. The molecule has 6 rings (SSSR count). The van der Waals surface area contributed by atoms with Crippen LogP contribution >= 0.6 is 0 Å². The molecule has 0 aliphatic carbocycles. The van der Waals surface area contributed by atoms with E-state index in [-0.39, 0.29) is 0 Å². The molecule has 0 saturated carbocycles. The molecule has 0 bridgehead atoms. The Kier molecular flexibility index (Phi) is 4.29. The summed E-state index contributed by atoms with van der Waals surface area (Å²) in [4.78, 5) is 14.0. The predicted octanol–water partition coefficient (Wildman–Crippen LogP) is 6.61. The number of nitrogens with zero attached hydrogens (tertiary/aromatic N) is 4. The summed E-state index contributed by atoms with van der Waals surface area (Å²) in [6.07, 6.45) is 0. The van der Waals surface area contributed by atoms with E-state index < -0.39 is 0 Å². The van der Waals surface area contributed by atoms with Crippen LogP contribution in [0.15, 0.2) is 103 Å². The lowest BCUT2D eigenvalue weighted by molar-refractivity contribution is 0.991. The number of hydrogen-bond donors (Lipinski definition) is 0. The lowest BCUT2D eigenvalue weighted by Crippen LogP contribution is -2.00. The van der Waals surface area contributed by atoms with Gasteiger partial charge in [-0.05, 0) is 31.2 Å². The second kappa shape index (κ2) is 7.43. The van der Waals surface area contributed by atoms with Crippen molar-refractivity contribution in [3.63, 3.8) is 0 Å².